The second kappa shape index (κ2) is 3.33. The van der Waals surface area contributed by atoms with Gasteiger partial charge in [-0.3, -0.25) is 4.79 Å². The van der Waals surface area contributed by atoms with Crippen LogP contribution in [0.25, 0.3) is 0 Å². The minimum Gasteiger partial charge on any atom is -0.371 e. The van der Waals surface area contributed by atoms with Crippen molar-refractivity contribution < 1.29 is 31.1 Å². The van der Waals surface area contributed by atoms with Crippen LogP contribution in [-0.4, -0.2) is 27.6 Å². The van der Waals surface area contributed by atoms with Crippen molar-refractivity contribution in [3.05, 3.63) is 0 Å². The Morgan fingerprint density at radius 2 is 1.50 bits per heavy atom. The Bertz CT molecular complexity index is 173. The van der Waals surface area contributed by atoms with Gasteiger partial charge in [0.1, 0.15) is 0 Å². The van der Waals surface area contributed by atoms with Crippen LogP contribution in [0.5, 0.6) is 0 Å². The van der Waals surface area contributed by atoms with Crippen LogP contribution in [-0.2, 0) is 4.79 Å². The summed E-state index contributed by atoms with van der Waals surface area (Å²) in [7, 11) is -3.20. The Kier molecular flexibility index (Phi) is 3.13. The van der Waals surface area contributed by atoms with E-state index in [1.54, 1.807) is 0 Å². The molecule has 0 fully saturated rings. The topological polar surface area (TPSA) is 29.1 Å². The second-order valence-corrected chi connectivity index (χ2v) is 3.30. The summed E-state index contributed by atoms with van der Waals surface area (Å²) in [5.41, 5.74) is 0. The number of amides is 1. The lowest BCUT2D eigenvalue weighted by Gasteiger charge is -2.08. The average Bonchev–Trinajstić information content (AvgIpc) is 1.78. The molecule has 0 heterocycles. The van der Waals surface area contributed by atoms with Crippen molar-refractivity contribution in [2.75, 3.05) is 0 Å². The third-order valence-corrected chi connectivity index (χ3v) is 1.61. The summed E-state index contributed by atoms with van der Waals surface area (Å²) in [6.07, 6.45) is -5.24. The van der Waals surface area contributed by atoms with Crippen LogP contribution < -0.4 is 4.98 Å². The molecule has 0 saturated heterocycles. The average molecular weight is 211 g/mol. The molecule has 0 rings (SSSR count). The van der Waals surface area contributed by atoms with E-state index in [-0.39, 0.29) is 0 Å². The molecule has 0 aliphatic rings. The molecule has 0 aromatic carbocycles. The third-order valence-electron chi connectivity index (χ3n) is 0.707. The van der Waals surface area contributed by atoms with Crippen LogP contribution in [0, 0.1) is 0 Å². The maximum absolute atomic E-state index is 11.3. The van der Waals surface area contributed by atoms with Gasteiger partial charge < -0.3 is 4.98 Å². The van der Waals surface area contributed by atoms with E-state index in [9.17, 15) is 31.1 Å². The van der Waals surface area contributed by atoms with Crippen LogP contribution >= 0.6 is 0 Å². The Morgan fingerprint density at radius 1 is 1.08 bits per heavy atom. The highest BCUT2D eigenvalue weighted by Crippen LogP contribution is 2.15. The van der Waals surface area contributed by atoms with Crippen molar-refractivity contribution in [2.24, 2.45) is 0 Å². The van der Waals surface area contributed by atoms with Crippen LogP contribution in [0.1, 0.15) is 0 Å². The molecule has 9 heteroatoms. The SMILES string of the molecule is O=C(N[SiH2]C(F)(F)F)C(F)(F)F. The molecule has 0 aliphatic carbocycles. The Morgan fingerprint density at radius 3 is 1.75 bits per heavy atom. The number of carbonyl (C=O) groups is 1. The summed E-state index contributed by atoms with van der Waals surface area (Å²) in [6, 6.07) is 0. The molecular formula is C3H3F6NOSi. The summed E-state index contributed by atoms with van der Waals surface area (Å²) >= 11 is 0. The Balaban J connectivity index is 3.90. The fraction of sp³-hybridized carbons (Fsp3) is 0.667. The minimum absolute atomic E-state index is 0.812. The minimum atomic E-state index is -5.24. The van der Waals surface area contributed by atoms with E-state index >= 15 is 0 Å². The van der Waals surface area contributed by atoms with Gasteiger partial charge in [-0.15, -0.1) is 0 Å². The van der Waals surface area contributed by atoms with E-state index in [1.165, 1.54) is 0 Å². The summed E-state index contributed by atoms with van der Waals surface area (Å²) in [4.78, 5) is 10.6. The summed E-state index contributed by atoms with van der Waals surface area (Å²) in [5.74, 6) is -7.23. The molecular weight excluding hydrogens is 208 g/mol. The number of nitrogens with one attached hydrogen (secondary N) is 1. The van der Waals surface area contributed by atoms with Gasteiger partial charge in [0.25, 0.3) is 0 Å². The van der Waals surface area contributed by atoms with Crippen LogP contribution in [0.2, 0.25) is 0 Å². The van der Waals surface area contributed by atoms with Crippen LogP contribution in [0.3, 0.4) is 0 Å². The number of carbonyl (C=O) groups excluding carboxylic acids is 1. The highest BCUT2D eigenvalue weighted by Gasteiger charge is 2.40. The molecule has 12 heavy (non-hydrogen) atoms. The molecule has 0 atom stereocenters. The second-order valence-electron chi connectivity index (χ2n) is 1.80. The van der Waals surface area contributed by atoms with Gasteiger partial charge in [-0.25, -0.2) is 0 Å². The summed E-state index contributed by atoms with van der Waals surface area (Å²) in [5, 5.41) is 0. The van der Waals surface area contributed by atoms with Crippen molar-refractivity contribution in [1.82, 2.24) is 4.98 Å². The van der Waals surface area contributed by atoms with Crippen LogP contribution in [0.15, 0.2) is 0 Å². The van der Waals surface area contributed by atoms with Crippen molar-refractivity contribution in [2.45, 2.75) is 12.0 Å². The highest BCUT2D eigenvalue weighted by molar-refractivity contribution is 6.39. The lowest BCUT2D eigenvalue weighted by atomic mass is 10.6. The van der Waals surface area contributed by atoms with Gasteiger partial charge in [-0.05, 0) is 0 Å². The lowest BCUT2D eigenvalue weighted by Crippen LogP contribution is -2.44. The first-order chi connectivity index (χ1) is 5.13. The zero-order valence-corrected chi connectivity index (χ0v) is 6.80. The smallest absolute Gasteiger partial charge is 0.371 e. The van der Waals surface area contributed by atoms with E-state index in [1.807, 2.05) is 0 Å². The highest BCUT2D eigenvalue weighted by atomic mass is 28.2. The fourth-order valence-corrected chi connectivity index (χ4v) is 0.842. The third kappa shape index (κ3) is 4.99. The van der Waals surface area contributed by atoms with Crippen molar-refractivity contribution in [1.29, 1.82) is 0 Å². The number of hydrogen-bond donors (Lipinski definition) is 1. The molecule has 0 aliphatic heterocycles. The van der Waals surface area contributed by atoms with Gasteiger partial charge in [0, 0.05) is 0 Å². The van der Waals surface area contributed by atoms with E-state index in [0.717, 1.165) is 4.98 Å². The number of alkyl halides is 6. The molecule has 1 N–H and O–H groups in total. The molecule has 0 aromatic rings. The predicted octanol–water partition coefficient (Wildman–Crippen LogP) is 0.269. The van der Waals surface area contributed by atoms with Crippen molar-refractivity contribution in [3.8, 4) is 0 Å². The van der Waals surface area contributed by atoms with Gasteiger partial charge in [0.05, 0.1) is 0 Å². The molecule has 0 unspecified atom stereocenters. The monoisotopic (exact) mass is 211 g/mol. The van der Waals surface area contributed by atoms with Gasteiger partial charge in [0.2, 0.25) is 9.68 Å². The zero-order chi connectivity index (χ0) is 9.99. The molecule has 0 spiro atoms. The Hall–Kier alpha value is -0.733. The van der Waals surface area contributed by atoms with E-state index < -0.39 is 27.6 Å². The molecule has 2 nitrogen and oxygen atoms in total. The first kappa shape index (κ1) is 11.3. The lowest BCUT2D eigenvalue weighted by molar-refractivity contribution is -0.172. The van der Waals surface area contributed by atoms with Crippen LogP contribution in [0.4, 0.5) is 26.3 Å². The number of halogens is 6. The maximum atomic E-state index is 11.3. The largest absolute Gasteiger partial charge is 0.470 e. The van der Waals surface area contributed by atoms with Gasteiger partial charge in [0.15, 0.2) is 0 Å². The van der Waals surface area contributed by atoms with Gasteiger partial charge >= 0.3 is 17.9 Å². The molecule has 0 bridgehead atoms. The quantitative estimate of drug-likeness (QED) is 0.489. The first-order valence-electron chi connectivity index (χ1n) is 2.55. The van der Waals surface area contributed by atoms with E-state index in [4.69, 9.17) is 0 Å². The van der Waals surface area contributed by atoms with Crippen molar-refractivity contribution >= 4 is 15.6 Å². The van der Waals surface area contributed by atoms with E-state index in [2.05, 4.69) is 0 Å². The Labute approximate surface area is 64.8 Å². The summed E-state index contributed by atoms with van der Waals surface area (Å²) < 4.78 is 67.7. The standard InChI is InChI=1S/C3H3F6NOSi/c4-2(5,6)1(11)10-12-3(7,8)9/h12H2,(H,10,11). The number of hydrogen-bond acceptors (Lipinski definition) is 1. The van der Waals surface area contributed by atoms with Crippen molar-refractivity contribution in [3.63, 3.8) is 0 Å². The fourth-order valence-electron chi connectivity index (χ4n) is 0.281. The normalized spacial score (nSPS) is 13.8. The molecule has 1 amide bonds. The molecule has 0 saturated carbocycles. The first-order valence-corrected chi connectivity index (χ1v) is 3.96. The number of rotatable bonds is 1. The summed E-state index contributed by atoms with van der Waals surface area (Å²) in [6.45, 7) is 0. The molecule has 72 valence electrons. The molecule has 0 radical (unpaired) electrons. The van der Waals surface area contributed by atoms with Gasteiger partial charge in [-0.2, -0.15) is 26.3 Å². The van der Waals surface area contributed by atoms with E-state index in [0.29, 0.717) is 0 Å². The zero-order valence-electron chi connectivity index (χ0n) is 5.38. The maximum Gasteiger partial charge on any atom is 0.470 e. The molecule has 0 aromatic heterocycles. The predicted molar refractivity (Wildman–Crippen MR) is 28.8 cm³/mol. The van der Waals surface area contributed by atoms with Gasteiger partial charge in [-0.1, -0.05) is 0 Å².